The van der Waals surface area contributed by atoms with Gasteiger partial charge in [0.05, 0.1) is 15.6 Å². The topological polar surface area (TPSA) is 125 Å². The number of hydrogen-bond donors (Lipinski definition) is 4. The number of amides is 1. The van der Waals surface area contributed by atoms with Crippen LogP contribution in [0, 0.1) is 5.92 Å². The first kappa shape index (κ1) is 22.2. The van der Waals surface area contributed by atoms with Crippen LogP contribution >= 0.6 is 23.2 Å². The van der Waals surface area contributed by atoms with E-state index in [9.17, 15) is 9.90 Å². The van der Waals surface area contributed by atoms with Crippen molar-refractivity contribution >= 4 is 40.7 Å². The maximum absolute atomic E-state index is 12.6. The summed E-state index contributed by atoms with van der Waals surface area (Å²) < 4.78 is 5.84. The van der Waals surface area contributed by atoms with Crippen LogP contribution in [0.5, 0.6) is 17.2 Å². The largest absolute Gasteiger partial charge is 0.507 e. The number of benzene rings is 2. The van der Waals surface area contributed by atoms with Gasteiger partial charge in [-0.25, -0.2) is 0 Å². The van der Waals surface area contributed by atoms with Gasteiger partial charge in [-0.3, -0.25) is 4.79 Å². The van der Waals surface area contributed by atoms with Gasteiger partial charge in [-0.2, -0.15) is 5.21 Å². The first-order valence-corrected chi connectivity index (χ1v) is 11.0. The summed E-state index contributed by atoms with van der Waals surface area (Å²) in [7, 11) is 0. The van der Waals surface area contributed by atoms with E-state index in [1.807, 2.05) is 0 Å². The van der Waals surface area contributed by atoms with Crippen molar-refractivity contribution in [3.63, 3.8) is 0 Å². The van der Waals surface area contributed by atoms with E-state index in [1.54, 1.807) is 12.1 Å². The van der Waals surface area contributed by atoms with Crippen LogP contribution in [0.25, 0.3) is 0 Å². The quantitative estimate of drug-likeness (QED) is 0.375. The summed E-state index contributed by atoms with van der Waals surface area (Å²) in [5.41, 5.74) is 0.670. The number of tetrazole rings is 1. The average molecular weight is 477 g/mol. The highest BCUT2D eigenvalue weighted by Crippen LogP contribution is 2.40. The number of aromatic nitrogens is 4. The van der Waals surface area contributed by atoms with E-state index in [4.69, 9.17) is 27.9 Å². The molecule has 9 nitrogen and oxygen atoms in total. The molecule has 4 N–H and O–H groups in total. The molecule has 0 atom stereocenters. The minimum Gasteiger partial charge on any atom is -0.507 e. The molecule has 1 saturated carbocycles. The van der Waals surface area contributed by atoms with Gasteiger partial charge in [0.25, 0.3) is 11.9 Å². The molecule has 1 amide bonds. The smallest absolute Gasteiger partial charge is 0.267 e. The highest BCUT2D eigenvalue weighted by atomic mass is 35.5. The Bertz CT molecular complexity index is 1060. The van der Waals surface area contributed by atoms with Crippen molar-refractivity contribution in [2.75, 3.05) is 11.9 Å². The van der Waals surface area contributed by atoms with Gasteiger partial charge in [-0.1, -0.05) is 47.6 Å². The highest BCUT2D eigenvalue weighted by Gasteiger charge is 2.18. The molecule has 11 heteroatoms. The maximum atomic E-state index is 12.6. The van der Waals surface area contributed by atoms with Crippen molar-refractivity contribution in [3.8, 4) is 17.2 Å². The minimum absolute atomic E-state index is 0.126. The molecular weight excluding hydrogens is 455 g/mol. The van der Waals surface area contributed by atoms with Gasteiger partial charge in [0.2, 0.25) is 0 Å². The van der Waals surface area contributed by atoms with Crippen LogP contribution in [-0.4, -0.2) is 38.2 Å². The van der Waals surface area contributed by atoms with Gasteiger partial charge in [-0.15, -0.1) is 5.10 Å². The molecule has 0 unspecified atom stereocenters. The minimum atomic E-state index is -0.352. The van der Waals surface area contributed by atoms with Crippen LogP contribution in [0.1, 0.15) is 42.5 Å². The number of phenols is 1. The number of carbonyl (C=O) groups excluding carboxylic acids is 1. The average Bonchev–Trinajstić information content (AvgIpc) is 3.29. The van der Waals surface area contributed by atoms with Crippen LogP contribution in [0.2, 0.25) is 10.0 Å². The van der Waals surface area contributed by atoms with E-state index in [0.717, 1.165) is 12.8 Å². The SMILES string of the molecule is O=C(NCC1CCCCC1)c1cc(Oc2c(Cl)cc(Nc3nn[nH]n3)cc2Cl)ccc1O. The zero-order valence-electron chi connectivity index (χ0n) is 17.1. The Balaban J connectivity index is 1.46. The van der Waals surface area contributed by atoms with E-state index in [-0.39, 0.29) is 39.0 Å². The van der Waals surface area contributed by atoms with Crippen molar-refractivity contribution in [1.29, 1.82) is 0 Å². The lowest BCUT2D eigenvalue weighted by Crippen LogP contribution is -2.30. The molecule has 1 fully saturated rings. The lowest BCUT2D eigenvalue weighted by molar-refractivity contribution is 0.0940. The van der Waals surface area contributed by atoms with Gasteiger partial charge >= 0.3 is 0 Å². The second-order valence-corrected chi connectivity index (χ2v) is 8.44. The molecule has 32 heavy (non-hydrogen) atoms. The first-order valence-electron chi connectivity index (χ1n) is 10.3. The van der Waals surface area contributed by atoms with Crippen molar-refractivity contribution in [1.82, 2.24) is 25.9 Å². The van der Waals surface area contributed by atoms with E-state index < -0.39 is 0 Å². The number of aromatic hydroxyl groups is 1. The summed E-state index contributed by atoms with van der Waals surface area (Å²) in [5.74, 6) is 0.782. The van der Waals surface area contributed by atoms with Gasteiger partial charge in [-0.05, 0) is 54.3 Å². The molecule has 0 aliphatic heterocycles. The molecule has 1 aromatic heterocycles. The second kappa shape index (κ2) is 10.1. The molecule has 3 aromatic rings. The van der Waals surface area contributed by atoms with E-state index >= 15 is 0 Å². The summed E-state index contributed by atoms with van der Waals surface area (Å²) in [6.07, 6.45) is 5.87. The second-order valence-electron chi connectivity index (χ2n) is 7.62. The number of carbonyl (C=O) groups is 1. The number of anilines is 2. The first-order chi connectivity index (χ1) is 15.5. The molecule has 1 aliphatic carbocycles. The third-order valence-electron chi connectivity index (χ3n) is 5.31. The van der Waals surface area contributed by atoms with Crippen molar-refractivity contribution in [2.45, 2.75) is 32.1 Å². The lowest BCUT2D eigenvalue weighted by Gasteiger charge is -2.21. The molecule has 2 aromatic carbocycles. The van der Waals surface area contributed by atoms with Crippen molar-refractivity contribution in [3.05, 3.63) is 45.9 Å². The summed E-state index contributed by atoms with van der Waals surface area (Å²) in [5, 5.41) is 29.9. The van der Waals surface area contributed by atoms with Crippen molar-refractivity contribution < 1.29 is 14.6 Å². The number of nitrogens with zero attached hydrogens (tertiary/aromatic N) is 3. The summed E-state index contributed by atoms with van der Waals surface area (Å²) in [6, 6.07) is 7.59. The molecule has 0 radical (unpaired) electrons. The molecule has 0 bridgehead atoms. The number of hydrogen-bond acceptors (Lipinski definition) is 7. The Morgan fingerprint density at radius 3 is 2.59 bits per heavy atom. The predicted octanol–water partition coefficient (Wildman–Crippen LogP) is 5.06. The summed E-state index contributed by atoms with van der Waals surface area (Å²) in [6.45, 7) is 0.593. The predicted molar refractivity (Wildman–Crippen MR) is 121 cm³/mol. The number of H-pyrrole nitrogens is 1. The number of rotatable bonds is 7. The normalized spacial score (nSPS) is 14.2. The number of nitrogens with one attached hydrogen (secondary N) is 3. The Labute approximate surface area is 194 Å². The van der Waals surface area contributed by atoms with Gasteiger partial charge in [0.15, 0.2) is 5.75 Å². The molecule has 0 spiro atoms. The highest BCUT2D eigenvalue weighted by molar-refractivity contribution is 6.37. The zero-order chi connectivity index (χ0) is 22.5. The fourth-order valence-corrected chi connectivity index (χ4v) is 4.24. The third kappa shape index (κ3) is 5.41. The maximum Gasteiger partial charge on any atom is 0.267 e. The van der Waals surface area contributed by atoms with Crippen LogP contribution < -0.4 is 15.4 Å². The van der Waals surface area contributed by atoms with Gasteiger partial charge in [0.1, 0.15) is 11.5 Å². The van der Waals surface area contributed by atoms with Crippen LogP contribution in [0.3, 0.4) is 0 Å². The molecule has 1 aliphatic rings. The lowest BCUT2D eigenvalue weighted by atomic mass is 9.89. The number of halogens is 2. The monoisotopic (exact) mass is 476 g/mol. The molecule has 168 valence electrons. The summed E-state index contributed by atoms with van der Waals surface area (Å²) >= 11 is 12.7. The van der Waals surface area contributed by atoms with E-state index in [1.165, 1.54) is 37.5 Å². The van der Waals surface area contributed by atoms with Crippen molar-refractivity contribution in [2.24, 2.45) is 5.92 Å². The zero-order valence-corrected chi connectivity index (χ0v) is 18.6. The molecule has 0 saturated heterocycles. The Kier molecular flexibility index (Phi) is 6.96. The Morgan fingerprint density at radius 2 is 1.91 bits per heavy atom. The summed E-state index contributed by atoms with van der Waals surface area (Å²) in [4.78, 5) is 12.6. The van der Waals surface area contributed by atoms with Crippen LogP contribution in [0.4, 0.5) is 11.6 Å². The standard InChI is InChI=1S/C21H22Cl2N6O3/c22-16-8-13(25-21-26-28-29-27-21)9-17(23)19(16)32-14-6-7-18(30)15(10-14)20(31)24-11-12-4-2-1-3-5-12/h6-10,12,30H,1-5,11H2,(H,24,31)(H2,25,26,27,28,29). The number of aromatic amines is 1. The fraction of sp³-hybridized carbons (Fsp3) is 0.333. The molecule has 1 heterocycles. The van der Waals surface area contributed by atoms with E-state index in [2.05, 4.69) is 31.3 Å². The third-order valence-corrected chi connectivity index (χ3v) is 5.87. The van der Waals surface area contributed by atoms with E-state index in [0.29, 0.717) is 23.9 Å². The molecule has 4 rings (SSSR count). The van der Waals surface area contributed by atoms with Gasteiger partial charge in [0, 0.05) is 12.2 Å². The molecular formula is C21H22Cl2N6O3. The van der Waals surface area contributed by atoms with Gasteiger partial charge < -0.3 is 20.5 Å². The van der Waals surface area contributed by atoms with Crippen LogP contribution in [-0.2, 0) is 0 Å². The number of phenolic OH excluding ortho intramolecular Hbond substituents is 1. The Hall–Kier alpha value is -3.04. The number of ether oxygens (including phenoxy) is 1. The van der Waals surface area contributed by atoms with Crippen LogP contribution in [0.15, 0.2) is 30.3 Å². The Morgan fingerprint density at radius 1 is 1.16 bits per heavy atom. The fourth-order valence-electron chi connectivity index (χ4n) is 3.68.